The van der Waals surface area contributed by atoms with Crippen molar-refractivity contribution in [2.75, 3.05) is 16.8 Å². The molecule has 0 aliphatic rings. The normalized spacial score (nSPS) is 11.9. The molecule has 0 saturated carbocycles. The Morgan fingerprint density at radius 1 is 1.56 bits per heavy atom. The molecule has 16 heavy (non-hydrogen) atoms. The summed E-state index contributed by atoms with van der Waals surface area (Å²) in [6, 6.07) is 8.22. The van der Waals surface area contributed by atoms with Crippen molar-refractivity contribution in [1.82, 2.24) is 0 Å². The predicted molar refractivity (Wildman–Crippen MR) is 74.9 cm³/mol. The summed E-state index contributed by atoms with van der Waals surface area (Å²) in [6.45, 7) is 4.28. The molecule has 2 nitrogen and oxygen atoms in total. The first-order valence-electron chi connectivity index (χ1n) is 5.21. The smallest absolute Gasteiger partial charge is 0.101 e. The molecule has 1 aromatic carbocycles. The van der Waals surface area contributed by atoms with Crippen molar-refractivity contribution in [3.05, 3.63) is 28.2 Å². The molecule has 0 fully saturated rings. The Hall–Kier alpha value is -0.660. The van der Waals surface area contributed by atoms with Crippen LogP contribution in [0.15, 0.2) is 22.7 Å². The third-order valence-corrected chi connectivity index (χ3v) is 3.71. The number of halogens is 1. The molecule has 1 N–H and O–H groups in total. The van der Waals surface area contributed by atoms with Crippen LogP contribution in [0.25, 0.3) is 0 Å². The fourth-order valence-corrected chi connectivity index (χ4v) is 2.37. The molecule has 0 radical (unpaired) electrons. The lowest BCUT2D eigenvalue weighted by Gasteiger charge is -2.15. The van der Waals surface area contributed by atoms with Gasteiger partial charge in [-0.05, 0) is 30.9 Å². The van der Waals surface area contributed by atoms with Gasteiger partial charge in [0.1, 0.15) is 6.07 Å². The van der Waals surface area contributed by atoms with Crippen molar-refractivity contribution in [2.24, 2.45) is 0 Å². The van der Waals surface area contributed by atoms with E-state index >= 15 is 0 Å². The van der Waals surface area contributed by atoms with E-state index in [0.29, 0.717) is 11.6 Å². The lowest BCUT2D eigenvalue weighted by Crippen LogP contribution is -2.18. The maximum atomic E-state index is 8.99. The molecule has 1 aromatic rings. The zero-order valence-electron chi connectivity index (χ0n) is 9.46. The quantitative estimate of drug-likeness (QED) is 0.896. The number of anilines is 1. The van der Waals surface area contributed by atoms with Gasteiger partial charge in [0.2, 0.25) is 0 Å². The minimum atomic E-state index is 0.367. The molecule has 0 aromatic heterocycles. The van der Waals surface area contributed by atoms with E-state index in [0.717, 1.165) is 21.7 Å². The maximum Gasteiger partial charge on any atom is 0.101 e. The van der Waals surface area contributed by atoms with Crippen LogP contribution in [-0.2, 0) is 0 Å². The first-order chi connectivity index (χ1) is 7.67. The largest absolute Gasteiger partial charge is 0.381 e. The maximum absolute atomic E-state index is 8.99. The van der Waals surface area contributed by atoms with Crippen LogP contribution in [0.1, 0.15) is 19.4 Å². The highest BCUT2D eigenvalue weighted by Gasteiger charge is 2.06. The standard InChI is InChI=1S/C12H15BrN2S/c1-3-16-8-9(2)15-12-6-11(13)5-4-10(12)7-14/h4-6,9,15H,3,8H2,1-2H3. The third-order valence-electron chi connectivity index (χ3n) is 2.08. The molecule has 1 atom stereocenters. The number of nitrogens with zero attached hydrogens (tertiary/aromatic N) is 1. The molecule has 0 heterocycles. The summed E-state index contributed by atoms with van der Waals surface area (Å²) in [7, 11) is 0. The van der Waals surface area contributed by atoms with Crippen molar-refractivity contribution in [3.63, 3.8) is 0 Å². The van der Waals surface area contributed by atoms with Crippen molar-refractivity contribution in [2.45, 2.75) is 19.9 Å². The lowest BCUT2D eigenvalue weighted by molar-refractivity contribution is 0.912. The number of rotatable bonds is 5. The Kier molecular flexibility index (Phi) is 5.72. The van der Waals surface area contributed by atoms with Crippen LogP contribution in [0, 0.1) is 11.3 Å². The van der Waals surface area contributed by atoms with Crippen molar-refractivity contribution >= 4 is 33.4 Å². The zero-order chi connectivity index (χ0) is 12.0. The van der Waals surface area contributed by atoms with Crippen LogP contribution in [0.4, 0.5) is 5.69 Å². The van der Waals surface area contributed by atoms with Crippen LogP contribution < -0.4 is 5.32 Å². The Morgan fingerprint density at radius 3 is 2.94 bits per heavy atom. The van der Waals surface area contributed by atoms with Crippen LogP contribution in [0.5, 0.6) is 0 Å². The monoisotopic (exact) mass is 298 g/mol. The molecule has 0 saturated heterocycles. The predicted octanol–water partition coefficient (Wildman–Crippen LogP) is 3.87. The number of hydrogen-bond acceptors (Lipinski definition) is 3. The molecular weight excluding hydrogens is 284 g/mol. The summed E-state index contributed by atoms with van der Waals surface area (Å²) in [5.74, 6) is 2.17. The van der Waals surface area contributed by atoms with E-state index in [1.54, 1.807) is 0 Å². The van der Waals surface area contributed by atoms with Gasteiger partial charge < -0.3 is 5.32 Å². The lowest BCUT2D eigenvalue weighted by atomic mass is 10.2. The molecule has 86 valence electrons. The molecule has 4 heteroatoms. The molecule has 0 aliphatic heterocycles. The first kappa shape index (κ1) is 13.4. The van der Waals surface area contributed by atoms with E-state index in [1.807, 2.05) is 30.0 Å². The SMILES string of the molecule is CCSCC(C)Nc1cc(Br)ccc1C#N. The minimum Gasteiger partial charge on any atom is -0.381 e. The van der Waals surface area contributed by atoms with Gasteiger partial charge in [0.05, 0.1) is 11.3 Å². The van der Waals surface area contributed by atoms with Crippen molar-refractivity contribution in [3.8, 4) is 6.07 Å². The number of benzene rings is 1. The molecule has 0 aliphatic carbocycles. The average Bonchev–Trinajstić information content (AvgIpc) is 2.27. The van der Waals surface area contributed by atoms with E-state index < -0.39 is 0 Å². The second kappa shape index (κ2) is 6.82. The van der Waals surface area contributed by atoms with E-state index in [4.69, 9.17) is 5.26 Å². The van der Waals surface area contributed by atoms with Gasteiger partial charge in [0, 0.05) is 16.3 Å². The molecule has 1 unspecified atom stereocenters. The van der Waals surface area contributed by atoms with Crippen molar-refractivity contribution in [1.29, 1.82) is 5.26 Å². The first-order valence-corrected chi connectivity index (χ1v) is 7.16. The summed E-state index contributed by atoms with van der Waals surface area (Å²) in [5.41, 5.74) is 1.60. The van der Waals surface area contributed by atoms with Crippen LogP contribution in [0.3, 0.4) is 0 Å². The van der Waals surface area contributed by atoms with Gasteiger partial charge in [0.15, 0.2) is 0 Å². The highest BCUT2D eigenvalue weighted by atomic mass is 79.9. The number of nitrogens with one attached hydrogen (secondary N) is 1. The summed E-state index contributed by atoms with van der Waals surface area (Å²) in [6.07, 6.45) is 0. The fourth-order valence-electron chi connectivity index (χ4n) is 1.34. The van der Waals surface area contributed by atoms with E-state index in [-0.39, 0.29) is 0 Å². The molecule has 1 rings (SSSR count). The van der Waals surface area contributed by atoms with Gasteiger partial charge in [-0.1, -0.05) is 22.9 Å². The van der Waals surface area contributed by atoms with Crippen LogP contribution >= 0.6 is 27.7 Å². The summed E-state index contributed by atoms with van der Waals surface area (Å²) in [4.78, 5) is 0. The Balaban J connectivity index is 2.72. The molecule has 0 bridgehead atoms. The zero-order valence-corrected chi connectivity index (χ0v) is 11.9. The van der Waals surface area contributed by atoms with Crippen molar-refractivity contribution < 1.29 is 0 Å². The van der Waals surface area contributed by atoms with Gasteiger partial charge in [0.25, 0.3) is 0 Å². The number of nitriles is 1. The van der Waals surface area contributed by atoms with Gasteiger partial charge in [-0.2, -0.15) is 17.0 Å². The van der Waals surface area contributed by atoms with Gasteiger partial charge in [-0.3, -0.25) is 0 Å². The molecule has 0 spiro atoms. The third kappa shape index (κ3) is 4.07. The van der Waals surface area contributed by atoms with Crippen LogP contribution in [-0.4, -0.2) is 17.5 Å². The van der Waals surface area contributed by atoms with Gasteiger partial charge in [-0.15, -0.1) is 0 Å². The average molecular weight is 299 g/mol. The van der Waals surface area contributed by atoms with Gasteiger partial charge in [-0.25, -0.2) is 0 Å². The van der Waals surface area contributed by atoms with E-state index in [9.17, 15) is 0 Å². The summed E-state index contributed by atoms with van der Waals surface area (Å²) >= 11 is 5.31. The molecule has 0 amide bonds. The fraction of sp³-hybridized carbons (Fsp3) is 0.417. The van der Waals surface area contributed by atoms with E-state index in [1.165, 1.54) is 0 Å². The summed E-state index contributed by atoms with van der Waals surface area (Å²) in [5, 5.41) is 12.4. The highest BCUT2D eigenvalue weighted by molar-refractivity contribution is 9.10. The Morgan fingerprint density at radius 2 is 2.31 bits per heavy atom. The summed E-state index contributed by atoms with van der Waals surface area (Å²) < 4.78 is 0.990. The Labute approximate surface area is 110 Å². The Bertz CT molecular complexity index is 387. The minimum absolute atomic E-state index is 0.367. The highest BCUT2D eigenvalue weighted by Crippen LogP contribution is 2.22. The van der Waals surface area contributed by atoms with Gasteiger partial charge >= 0.3 is 0 Å². The second-order valence-electron chi connectivity index (χ2n) is 3.51. The van der Waals surface area contributed by atoms with Crippen LogP contribution in [0.2, 0.25) is 0 Å². The van der Waals surface area contributed by atoms with E-state index in [2.05, 4.69) is 41.2 Å². The number of hydrogen-bond donors (Lipinski definition) is 1. The second-order valence-corrected chi connectivity index (χ2v) is 5.74. The topological polar surface area (TPSA) is 35.8 Å². The number of thioether (sulfide) groups is 1. The molecular formula is C12H15BrN2S.